The van der Waals surface area contributed by atoms with E-state index in [1.807, 2.05) is 72.8 Å². The first kappa shape index (κ1) is 22.4. The molecule has 0 spiro atoms. The van der Waals surface area contributed by atoms with Crippen molar-refractivity contribution in [2.75, 3.05) is 5.75 Å². The number of halogens is 2. The Morgan fingerprint density at radius 3 is 2.57 bits per heavy atom. The maximum Gasteiger partial charge on any atom is 0.250 e. The highest BCUT2D eigenvalue weighted by atomic mass is 79.9. The van der Waals surface area contributed by atoms with Gasteiger partial charge in [0.2, 0.25) is 5.91 Å². The third kappa shape index (κ3) is 7.86. The van der Waals surface area contributed by atoms with E-state index in [1.165, 1.54) is 5.56 Å². The van der Waals surface area contributed by atoms with Crippen LogP contribution < -0.4 is 10.2 Å². The summed E-state index contributed by atoms with van der Waals surface area (Å²) < 4.78 is 6.79. The Bertz CT molecular complexity index is 995. The average Bonchev–Trinajstić information content (AvgIpc) is 2.74. The minimum Gasteiger partial charge on any atom is -0.489 e. The number of ether oxygens (including phenoxy) is 1. The van der Waals surface area contributed by atoms with Crippen LogP contribution in [0.25, 0.3) is 0 Å². The fourth-order valence-corrected chi connectivity index (χ4v) is 3.84. The van der Waals surface area contributed by atoms with Crippen LogP contribution in [0.3, 0.4) is 0 Å². The third-order valence-corrected chi connectivity index (χ3v) is 5.74. The van der Waals surface area contributed by atoms with Crippen LogP contribution in [0.4, 0.5) is 0 Å². The topological polar surface area (TPSA) is 50.7 Å². The van der Waals surface area contributed by atoms with E-state index in [1.54, 1.807) is 18.0 Å². The van der Waals surface area contributed by atoms with E-state index in [9.17, 15) is 4.79 Å². The molecule has 0 aromatic heterocycles. The lowest BCUT2D eigenvalue weighted by atomic mass is 10.2. The fourth-order valence-electron chi connectivity index (χ4n) is 2.50. The van der Waals surface area contributed by atoms with Crippen molar-refractivity contribution in [1.82, 2.24) is 5.43 Å². The third-order valence-electron chi connectivity index (χ3n) is 3.99. The Hall–Kier alpha value is -2.28. The number of nitrogens with zero attached hydrogens (tertiary/aromatic N) is 1. The van der Waals surface area contributed by atoms with E-state index in [0.717, 1.165) is 27.1 Å². The van der Waals surface area contributed by atoms with Crippen LogP contribution in [0.1, 0.15) is 16.7 Å². The van der Waals surface area contributed by atoms with Gasteiger partial charge in [-0.2, -0.15) is 5.10 Å². The Morgan fingerprint density at radius 1 is 1.07 bits per heavy atom. The molecule has 0 aliphatic rings. The van der Waals surface area contributed by atoms with Crippen LogP contribution in [-0.2, 0) is 17.2 Å². The van der Waals surface area contributed by atoms with Gasteiger partial charge in [0.25, 0.3) is 0 Å². The van der Waals surface area contributed by atoms with Crippen LogP contribution in [0, 0.1) is 0 Å². The fraction of sp³-hybridized carbons (Fsp3) is 0.130. The maximum absolute atomic E-state index is 11.9. The van der Waals surface area contributed by atoms with Crippen LogP contribution in [0.15, 0.2) is 82.4 Å². The van der Waals surface area contributed by atoms with Gasteiger partial charge in [-0.1, -0.05) is 51.8 Å². The molecule has 0 fully saturated rings. The predicted octanol–water partition coefficient (Wildman–Crippen LogP) is 6.07. The van der Waals surface area contributed by atoms with Crippen molar-refractivity contribution >= 4 is 51.4 Å². The summed E-state index contributed by atoms with van der Waals surface area (Å²) in [4.78, 5) is 11.9. The van der Waals surface area contributed by atoms with Gasteiger partial charge in [-0.05, 0) is 65.2 Å². The van der Waals surface area contributed by atoms with Crippen molar-refractivity contribution in [1.29, 1.82) is 0 Å². The molecule has 0 unspecified atom stereocenters. The molecule has 3 aromatic carbocycles. The molecular formula is C23H20BrClN2O2S. The molecule has 0 saturated carbocycles. The number of hydrogen-bond donors (Lipinski definition) is 1. The molecular weight excluding hydrogens is 484 g/mol. The van der Waals surface area contributed by atoms with E-state index in [0.29, 0.717) is 17.4 Å². The number of carbonyl (C=O) groups excluding carboxylic acids is 1. The summed E-state index contributed by atoms with van der Waals surface area (Å²) in [6.45, 7) is 0.470. The number of carbonyl (C=O) groups is 1. The van der Waals surface area contributed by atoms with Gasteiger partial charge in [0.1, 0.15) is 12.4 Å². The van der Waals surface area contributed by atoms with Gasteiger partial charge in [0, 0.05) is 15.2 Å². The molecule has 7 heteroatoms. The zero-order chi connectivity index (χ0) is 21.2. The van der Waals surface area contributed by atoms with Gasteiger partial charge < -0.3 is 4.74 Å². The average molecular weight is 504 g/mol. The van der Waals surface area contributed by atoms with Crippen LogP contribution in [0.2, 0.25) is 5.02 Å². The van der Waals surface area contributed by atoms with Crippen LogP contribution >= 0.6 is 39.3 Å². The molecule has 30 heavy (non-hydrogen) atoms. The quantitative estimate of drug-likeness (QED) is 0.285. The predicted molar refractivity (Wildman–Crippen MR) is 128 cm³/mol. The Kier molecular flexibility index (Phi) is 8.81. The summed E-state index contributed by atoms with van der Waals surface area (Å²) in [5, 5.41) is 4.72. The number of thioether (sulfide) groups is 1. The zero-order valence-corrected chi connectivity index (χ0v) is 19.2. The van der Waals surface area contributed by atoms with Crippen molar-refractivity contribution < 1.29 is 9.53 Å². The Balaban J connectivity index is 1.38. The Morgan fingerprint density at radius 2 is 1.83 bits per heavy atom. The largest absolute Gasteiger partial charge is 0.489 e. The SMILES string of the molecule is O=C(CSCc1cccc(Br)c1)N/N=C/c1ccc(OCc2ccc(Cl)cc2)cc1. The normalized spacial score (nSPS) is 10.9. The minimum absolute atomic E-state index is 0.130. The zero-order valence-electron chi connectivity index (χ0n) is 16.1. The Labute approximate surface area is 193 Å². The van der Waals surface area contributed by atoms with Gasteiger partial charge in [-0.3, -0.25) is 4.79 Å². The van der Waals surface area contributed by atoms with Gasteiger partial charge in [0.15, 0.2) is 0 Å². The van der Waals surface area contributed by atoms with Crippen molar-refractivity contribution in [2.45, 2.75) is 12.4 Å². The van der Waals surface area contributed by atoms with E-state index >= 15 is 0 Å². The maximum atomic E-state index is 11.9. The molecule has 0 aliphatic heterocycles. The van der Waals surface area contributed by atoms with Crippen LogP contribution in [-0.4, -0.2) is 17.9 Å². The molecule has 0 aliphatic carbocycles. The second-order valence-corrected chi connectivity index (χ2v) is 8.74. The second-order valence-electron chi connectivity index (χ2n) is 6.40. The highest BCUT2D eigenvalue weighted by molar-refractivity contribution is 9.10. The molecule has 0 heterocycles. The van der Waals surface area contributed by atoms with Crippen molar-refractivity contribution in [2.24, 2.45) is 5.10 Å². The van der Waals surface area contributed by atoms with Crippen molar-refractivity contribution in [3.8, 4) is 5.75 Å². The molecule has 3 aromatic rings. The summed E-state index contributed by atoms with van der Waals surface area (Å²) in [6, 6.07) is 23.1. The highest BCUT2D eigenvalue weighted by Crippen LogP contribution is 2.17. The number of amides is 1. The van der Waals surface area contributed by atoms with Gasteiger partial charge >= 0.3 is 0 Å². The van der Waals surface area contributed by atoms with Gasteiger partial charge in [0.05, 0.1) is 12.0 Å². The van der Waals surface area contributed by atoms with Crippen molar-refractivity contribution in [3.63, 3.8) is 0 Å². The molecule has 0 bridgehead atoms. The summed E-state index contributed by atoms with van der Waals surface area (Å²) in [6.07, 6.45) is 1.61. The number of rotatable bonds is 9. The molecule has 3 rings (SSSR count). The molecule has 0 saturated heterocycles. The molecule has 154 valence electrons. The smallest absolute Gasteiger partial charge is 0.250 e. The molecule has 4 nitrogen and oxygen atoms in total. The lowest BCUT2D eigenvalue weighted by Gasteiger charge is -2.06. The summed E-state index contributed by atoms with van der Waals surface area (Å²) in [7, 11) is 0. The first-order valence-corrected chi connectivity index (χ1v) is 11.5. The summed E-state index contributed by atoms with van der Waals surface area (Å²) in [5.41, 5.74) is 5.64. The van der Waals surface area contributed by atoms with Crippen LogP contribution in [0.5, 0.6) is 5.75 Å². The molecule has 0 atom stereocenters. The van der Waals surface area contributed by atoms with Crippen molar-refractivity contribution in [3.05, 3.63) is 99.0 Å². The standard InChI is InChI=1S/C23H20BrClN2O2S/c24-20-3-1-2-19(12-20)15-30-16-23(28)27-26-13-17-6-10-22(11-7-17)29-14-18-4-8-21(25)9-5-18/h1-13H,14-16H2,(H,27,28)/b26-13+. The molecule has 0 radical (unpaired) electrons. The summed E-state index contributed by atoms with van der Waals surface area (Å²) >= 11 is 10.9. The highest BCUT2D eigenvalue weighted by Gasteiger charge is 2.01. The number of benzene rings is 3. The second kappa shape index (κ2) is 11.8. The number of hydrazone groups is 1. The lowest BCUT2D eigenvalue weighted by molar-refractivity contribution is -0.118. The van der Waals surface area contributed by atoms with Gasteiger partial charge in [-0.25, -0.2) is 5.43 Å². The lowest BCUT2D eigenvalue weighted by Crippen LogP contribution is -2.19. The first-order valence-electron chi connectivity index (χ1n) is 9.20. The molecule has 1 N–H and O–H groups in total. The van der Waals surface area contributed by atoms with E-state index in [-0.39, 0.29) is 5.91 Å². The first-order chi connectivity index (χ1) is 14.6. The monoisotopic (exact) mass is 502 g/mol. The number of hydrogen-bond acceptors (Lipinski definition) is 4. The van der Waals surface area contributed by atoms with E-state index in [2.05, 4.69) is 26.5 Å². The van der Waals surface area contributed by atoms with Gasteiger partial charge in [-0.15, -0.1) is 11.8 Å². The molecule has 1 amide bonds. The van der Waals surface area contributed by atoms with E-state index in [4.69, 9.17) is 16.3 Å². The number of nitrogens with one attached hydrogen (secondary N) is 1. The summed E-state index contributed by atoms with van der Waals surface area (Å²) in [5.74, 6) is 1.75. The minimum atomic E-state index is -0.130. The van der Waals surface area contributed by atoms with E-state index < -0.39 is 0 Å².